The first-order valence-electron chi connectivity index (χ1n) is 6.22. The minimum Gasteiger partial charge on any atom is -0.348 e. The molecular formula is C15H10ClN3O3. The van der Waals surface area contributed by atoms with Crippen LogP contribution in [0, 0.1) is 21.4 Å². The summed E-state index contributed by atoms with van der Waals surface area (Å²) < 4.78 is 0. The Morgan fingerprint density at radius 1 is 1.27 bits per heavy atom. The minimum atomic E-state index is -0.579. The van der Waals surface area contributed by atoms with Crippen LogP contribution in [0.4, 0.5) is 5.69 Å². The van der Waals surface area contributed by atoms with E-state index in [0.717, 1.165) is 11.6 Å². The molecule has 0 aliphatic carbocycles. The van der Waals surface area contributed by atoms with Gasteiger partial charge in [-0.3, -0.25) is 14.9 Å². The molecule has 1 amide bonds. The highest BCUT2D eigenvalue weighted by Crippen LogP contribution is 2.22. The first-order valence-corrected chi connectivity index (χ1v) is 6.60. The third-order valence-corrected chi connectivity index (χ3v) is 3.26. The zero-order chi connectivity index (χ0) is 16.1. The molecule has 7 heteroatoms. The molecule has 0 saturated carbocycles. The predicted octanol–water partition coefficient (Wildman–Crippen LogP) is 3.05. The summed E-state index contributed by atoms with van der Waals surface area (Å²) in [6.07, 6.45) is 0. The number of hydrogen-bond donors (Lipinski definition) is 1. The molecular weight excluding hydrogens is 306 g/mol. The summed E-state index contributed by atoms with van der Waals surface area (Å²) in [5, 5.41) is 22.0. The fraction of sp³-hybridized carbons (Fsp3) is 0.0667. The lowest BCUT2D eigenvalue weighted by Gasteiger charge is -2.07. The number of nitrogens with zero attached hydrogens (tertiary/aromatic N) is 2. The molecule has 0 bridgehead atoms. The lowest BCUT2D eigenvalue weighted by molar-refractivity contribution is -0.384. The number of amides is 1. The van der Waals surface area contributed by atoms with Gasteiger partial charge in [0.25, 0.3) is 11.6 Å². The van der Waals surface area contributed by atoms with Gasteiger partial charge in [-0.2, -0.15) is 5.26 Å². The van der Waals surface area contributed by atoms with Crippen LogP contribution in [0.25, 0.3) is 0 Å². The number of hydrogen-bond acceptors (Lipinski definition) is 4. The molecule has 0 aromatic heterocycles. The van der Waals surface area contributed by atoms with E-state index in [4.69, 9.17) is 16.9 Å². The van der Waals surface area contributed by atoms with Crippen molar-refractivity contribution in [1.82, 2.24) is 5.32 Å². The number of nitro benzene ring substituents is 1. The third kappa shape index (κ3) is 3.59. The number of nitrogens with one attached hydrogen (secondary N) is 1. The number of benzene rings is 2. The smallest absolute Gasteiger partial charge is 0.270 e. The molecule has 0 saturated heterocycles. The van der Waals surface area contributed by atoms with E-state index in [9.17, 15) is 14.9 Å². The van der Waals surface area contributed by atoms with Crippen molar-refractivity contribution < 1.29 is 9.72 Å². The molecule has 0 spiro atoms. The number of carbonyl (C=O) groups excluding carboxylic acids is 1. The number of carbonyl (C=O) groups is 1. The summed E-state index contributed by atoms with van der Waals surface area (Å²) in [5.41, 5.74) is 1.36. The van der Waals surface area contributed by atoms with Crippen LogP contribution in [0.2, 0.25) is 5.02 Å². The lowest BCUT2D eigenvalue weighted by atomic mass is 10.1. The van der Waals surface area contributed by atoms with Gasteiger partial charge in [0.1, 0.15) is 0 Å². The maximum Gasteiger partial charge on any atom is 0.270 e. The van der Waals surface area contributed by atoms with Gasteiger partial charge >= 0.3 is 0 Å². The molecule has 0 unspecified atom stereocenters. The van der Waals surface area contributed by atoms with Gasteiger partial charge in [0.05, 0.1) is 27.1 Å². The van der Waals surface area contributed by atoms with E-state index in [-0.39, 0.29) is 22.8 Å². The standard InChI is InChI=1S/C15H10ClN3O3/c16-14-7-12(19(21)22)5-6-13(14)15(20)18-9-11-3-1-10(8-17)2-4-11/h1-7H,9H2,(H,18,20). The molecule has 0 heterocycles. The Hall–Kier alpha value is -2.91. The van der Waals surface area contributed by atoms with Crippen LogP contribution in [0.15, 0.2) is 42.5 Å². The Labute approximate surface area is 131 Å². The van der Waals surface area contributed by atoms with E-state index in [0.29, 0.717) is 5.56 Å². The first-order chi connectivity index (χ1) is 10.5. The fourth-order valence-corrected chi connectivity index (χ4v) is 2.04. The van der Waals surface area contributed by atoms with Crippen molar-refractivity contribution in [2.45, 2.75) is 6.54 Å². The van der Waals surface area contributed by atoms with Crippen LogP contribution >= 0.6 is 11.6 Å². The van der Waals surface area contributed by atoms with Crippen LogP contribution in [0.5, 0.6) is 0 Å². The Balaban J connectivity index is 2.06. The molecule has 2 aromatic rings. The van der Waals surface area contributed by atoms with Gasteiger partial charge in [0.15, 0.2) is 0 Å². The van der Waals surface area contributed by atoms with Crippen LogP contribution in [0.1, 0.15) is 21.5 Å². The Kier molecular flexibility index (Phi) is 4.71. The predicted molar refractivity (Wildman–Crippen MR) is 80.4 cm³/mol. The van der Waals surface area contributed by atoms with E-state index >= 15 is 0 Å². The molecule has 1 N–H and O–H groups in total. The topological polar surface area (TPSA) is 96.0 Å². The van der Waals surface area contributed by atoms with Crippen molar-refractivity contribution in [3.8, 4) is 6.07 Å². The van der Waals surface area contributed by atoms with Crippen LogP contribution < -0.4 is 5.32 Å². The quantitative estimate of drug-likeness (QED) is 0.692. The second-order valence-corrected chi connectivity index (χ2v) is 4.82. The summed E-state index contributed by atoms with van der Waals surface area (Å²) in [4.78, 5) is 22.1. The van der Waals surface area contributed by atoms with Crippen molar-refractivity contribution in [3.63, 3.8) is 0 Å². The third-order valence-electron chi connectivity index (χ3n) is 2.94. The molecule has 0 radical (unpaired) electrons. The zero-order valence-corrected chi connectivity index (χ0v) is 12.0. The van der Waals surface area contributed by atoms with Crippen LogP contribution in [-0.4, -0.2) is 10.8 Å². The van der Waals surface area contributed by atoms with E-state index in [2.05, 4.69) is 5.32 Å². The summed E-state index contributed by atoms with van der Waals surface area (Å²) in [5.74, 6) is -0.427. The Bertz CT molecular complexity index is 767. The molecule has 110 valence electrons. The molecule has 2 aromatic carbocycles. The second-order valence-electron chi connectivity index (χ2n) is 4.41. The van der Waals surface area contributed by atoms with Gasteiger partial charge in [-0.15, -0.1) is 0 Å². The van der Waals surface area contributed by atoms with Gasteiger partial charge < -0.3 is 5.32 Å². The summed E-state index contributed by atoms with van der Waals surface area (Å²) in [6.45, 7) is 0.262. The van der Waals surface area contributed by atoms with Crippen molar-refractivity contribution in [2.24, 2.45) is 0 Å². The highest BCUT2D eigenvalue weighted by atomic mass is 35.5. The molecule has 6 nitrogen and oxygen atoms in total. The first kappa shape index (κ1) is 15.5. The number of nitro groups is 1. The van der Waals surface area contributed by atoms with Crippen molar-refractivity contribution in [2.75, 3.05) is 0 Å². The summed E-state index contributed by atoms with van der Waals surface area (Å²) in [7, 11) is 0. The number of non-ortho nitro benzene ring substituents is 1. The van der Waals surface area contributed by atoms with Crippen LogP contribution in [0.3, 0.4) is 0 Å². The fourth-order valence-electron chi connectivity index (χ4n) is 1.78. The number of halogens is 1. The van der Waals surface area contributed by atoms with Gasteiger partial charge in [-0.1, -0.05) is 23.7 Å². The largest absolute Gasteiger partial charge is 0.348 e. The van der Waals surface area contributed by atoms with Crippen LogP contribution in [-0.2, 0) is 6.54 Å². The molecule has 0 fully saturated rings. The van der Waals surface area contributed by atoms with Crippen molar-refractivity contribution in [3.05, 3.63) is 74.3 Å². The molecule has 0 aliphatic heterocycles. The van der Waals surface area contributed by atoms with Gasteiger partial charge in [0, 0.05) is 18.7 Å². The SMILES string of the molecule is N#Cc1ccc(CNC(=O)c2ccc([N+](=O)[O-])cc2Cl)cc1. The van der Waals surface area contributed by atoms with Crippen molar-refractivity contribution in [1.29, 1.82) is 5.26 Å². The van der Waals surface area contributed by atoms with E-state index in [1.165, 1.54) is 12.1 Å². The lowest BCUT2D eigenvalue weighted by Crippen LogP contribution is -2.23. The maximum atomic E-state index is 12.0. The van der Waals surface area contributed by atoms with Gasteiger partial charge in [-0.25, -0.2) is 0 Å². The highest BCUT2D eigenvalue weighted by molar-refractivity contribution is 6.34. The monoisotopic (exact) mass is 315 g/mol. The van der Waals surface area contributed by atoms with Gasteiger partial charge in [-0.05, 0) is 23.8 Å². The average Bonchev–Trinajstić information content (AvgIpc) is 2.52. The van der Waals surface area contributed by atoms with Crippen molar-refractivity contribution >= 4 is 23.2 Å². The summed E-state index contributed by atoms with van der Waals surface area (Å²) in [6, 6.07) is 12.5. The highest BCUT2D eigenvalue weighted by Gasteiger charge is 2.14. The van der Waals surface area contributed by atoms with Gasteiger partial charge in [0.2, 0.25) is 0 Å². The minimum absolute atomic E-state index is 0.0199. The molecule has 0 atom stereocenters. The Morgan fingerprint density at radius 2 is 1.95 bits per heavy atom. The van der Waals surface area contributed by atoms with E-state index in [1.54, 1.807) is 24.3 Å². The molecule has 22 heavy (non-hydrogen) atoms. The average molecular weight is 316 g/mol. The molecule has 2 rings (SSSR count). The second kappa shape index (κ2) is 6.70. The van der Waals surface area contributed by atoms with E-state index < -0.39 is 10.8 Å². The summed E-state index contributed by atoms with van der Waals surface area (Å²) >= 11 is 5.89. The number of rotatable bonds is 4. The van der Waals surface area contributed by atoms with E-state index in [1.807, 2.05) is 6.07 Å². The Morgan fingerprint density at radius 3 is 2.50 bits per heavy atom. The number of nitriles is 1. The molecule has 0 aliphatic rings. The maximum absolute atomic E-state index is 12.0. The normalized spacial score (nSPS) is 9.82. The zero-order valence-electron chi connectivity index (χ0n) is 11.2.